The maximum atomic E-state index is 13.5. The van der Waals surface area contributed by atoms with Crippen molar-refractivity contribution in [2.24, 2.45) is 0 Å². The third kappa shape index (κ3) is 2.76. The van der Waals surface area contributed by atoms with Crippen LogP contribution in [0, 0.1) is 17.5 Å². The van der Waals surface area contributed by atoms with Gasteiger partial charge in [-0.3, -0.25) is 4.68 Å². The topological polar surface area (TPSA) is 50.9 Å². The number of hydrogen-bond donors (Lipinski definition) is 1. The van der Waals surface area contributed by atoms with E-state index in [2.05, 4.69) is 10.1 Å². The van der Waals surface area contributed by atoms with E-state index in [4.69, 9.17) is 0 Å². The number of hydrogen-bond acceptors (Lipinski definition) is 3. The van der Waals surface area contributed by atoms with Crippen molar-refractivity contribution in [3.05, 3.63) is 47.3 Å². The molecular weight excluding hydrogens is 259 g/mol. The minimum atomic E-state index is -1.32. The number of aromatic nitrogens is 3. The molecule has 0 amide bonds. The Balaban J connectivity index is 2.25. The van der Waals surface area contributed by atoms with Crippen LogP contribution in [-0.4, -0.2) is 19.9 Å². The molecule has 0 saturated heterocycles. The lowest BCUT2D eigenvalue weighted by Crippen LogP contribution is -2.11. The van der Waals surface area contributed by atoms with Crippen LogP contribution in [-0.2, 0) is 13.0 Å². The van der Waals surface area contributed by atoms with Crippen LogP contribution >= 0.6 is 0 Å². The van der Waals surface area contributed by atoms with E-state index in [0.717, 1.165) is 0 Å². The maximum Gasteiger partial charge on any atom is 0.161 e. The first-order valence-corrected chi connectivity index (χ1v) is 5.72. The highest BCUT2D eigenvalue weighted by Crippen LogP contribution is 2.23. The molecule has 0 aliphatic carbocycles. The van der Waals surface area contributed by atoms with Gasteiger partial charge in [0.15, 0.2) is 11.6 Å². The molecule has 0 saturated carbocycles. The van der Waals surface area contributed by atoms with Crippen molar-refractivity contribution >= 4 is 0 Å². The van der Waals surface area contributed by atoms with Crippen molar-refractivity contribution in [1.82, 2.24) is 14.8 Å². The second-order valence-electron chi connectivity index (χ2n) is 4.00. The van der Waals surface area contributed by atoms with Crippen molar-refractivity contribution in [1.29, 1.82) is 0 Å². The zero-order valence-electron chi connectivity index (χ0n) is 10.1. The number of aryl methyl sites for hydroxylation is 1. The molecule has 0 radical (unpaired) electrons. The lowest BCUT2D eigenvalue weighted by Gasteiger charge is -2.12. The quantitative estimate of drug-likeness (QED) is 0.865. The molecule has 1 unspecified atom stereocenters. The Morgan fingerprint density at radius 2 is 1.89 bits per heavy atom. The standard InChI is InChI=1S/C12H12F3N3O/c1-2-18-12(16-6-17-18)5-11(19)7-3-9(14)10(15)4-8(7)13/h3-4,6,11,19H,2,5H2,1H3. The van der Waals surface area contributed by atoms with Gasteiger partial charge in [0.25, 0.3) is 0 Å². The molecule has 1 heterocycles. The van der Waals surface area contributed by atoms with Gasteiger partial charge in [-0.05, 0) is 13.0 Å². The van der Waals surface area contributed by atoms with Crippen LogP contribution in [0.1, 0.15) is 24.4 Å². The van der Waals surface area contributed by atoms with Gasteiger partial charge in [-0.1, -0.05) is 0 Å². The Labute approximate surface area is 107 Å². The molecule has 0 aliphatic rings. The maximum absolute atomic E-state index is 13.5. The van der Waals surface area contributed by atoms with Crippen LogP contribution in [0.25, 0.3) is 0 Å². The molecule has 1 N–H and O–H groups in total. The smallest absolute Gasteiger partial charge is 0.161 e. The molecular formula is C12H12F3N3O. The van der Waals surface area contributed by atoms with Gasteiger partial charge in [-0.25, -0.2) is 18.2 Å². The van der Waals surface area contributed by atoms with Gasteiger partial charge < -0.3 is 5.11 Å². The summed E-state index contributed by atoms with van der Waals surface area (Å²) in [6, 6.07) is 1.07. The summed E-state index contributed by atoms with van der Waals surface area (Å²) < 4.78 is 40.9. The molecule has 1 aromatic heterocycles. The SMILES string of the molecule is CCn1ncnc1CC(O)c1cc(F)c(F)cc1F. The van der Waals surface area contributed by atoms with Crippen LogP contribution in [0.4, 0.5) is 13.2 Å². The molecule has 7 heteroatoms. The second-order valence-corrected chi connectivity index (χ2v) is 4.00. The first-order valence-electron chi connectivity index (χ1n) is 5.72. The molecule has 0 aliphatic heterocycles. The Morgan fingerprint density at radius 1 is 1.21 bits per heavy atom. The normalized spacial score (nSPS) is 12.7. The fourth-order valence-corrected chi connectivity index (χ4v) is 1.79. The van der Waals surface area contributed by atoms with E-state index in [9.17, 15) is 18.3 Å². The van der Waals surface area contributed by atoms with E-state index < -0.39 is 23.6 Å². The van der Waals surface area contributed by atoms with Crippen LogP contribution in [0.15, 0.2) is 18.5 Å². The van der Waals surface area contributed by atoms with Gasteiger partial charge >= 0.3 is 0 Å². The Hall–Kier alpha value is -1.89. The molecule has 19 heavy (non-hydrogen) atoms. The average molecular weight is 271 g/mol. The number of rotatable bonds is 4. The van der Waals surface area contributed by atoms with E-state index in [1.807, 2.05) is 6.92 Å². The summed E-state index contributed by atoms with van der Waals surface area (Å²) in [4.78, 5) is 3.92. The van der Waals surface area contributed by atoms with Gasteiger partial charge in [0.05, 0.1) is 6.10 Å². The van der Waals surface area contributed by atoms with Gasteiger partial charge in [0.1, 0.15) is 18.0 Å². The van der Waals surface area contributed by atoms with E-state index in [-0.39, 0.29) is 12.0 Å². The monoisotopic (exact) mass is 271 g/mol. The van der Waals surface area contributed by atoms with Gasteiger partial charge in [0, 0.05) is 24.6 Å². The molecule has 2 aromatic rings. The summed E-state index contributed by atoms with van der Waals surface area (Å²) in [6.45, 7) is 2.38. The first kappa shape index (κ1) is 13.5. The molecule has 4 nitrogen and oxygen atoms in total. The summed E-state index contributed by atoms with van der Waals surface area (Å²) in [6.07, 6.45) is -0.0344. The lowest BCUT2D eigenvalue weighted by atomic mass is 10.1. The fraction of sp³-hybridized carbons (Fsp3) is 0.333. The molecule has 2 rings (SSSR count). The summed E-state index contributed by atoms with van der Waals surface area (Å²) in [5, 5.41) is 13.8. The zero-order chi connectivity index (χ0) is 14.0. The third-order valence-corrected chi connectivity index (χ3v) is 2.77. The predicted molar refractivity (Wildman–Crippen MR) is 60.7 cm³/mol. The summed E-state index contributed by atoms with van der Waals surface area (Å²) in [5.74, 6) is -3.04. The van der Waals surface area contributed by atoms with Crippen LogP contribution < -0.4 is 0 Å². The third-order valence-electron chi connectivity index (χ3n) is 2.77. The highest BCUT2D eigenvalue weighted by molar-refractivity contribution is 5.23. The minimum Gasteiger partial charge on any atom is -0.388 e. The Morgan fingerprint density at radius 3 is 2.58 bits per heavy atom. The van der Waals surface area contributed by atoms with Gasteiger partial charge in [0.2, 0.25) is 0 Å². The number of benzene rings is 1. The Kier molecular flexibility index (Phi) is 3.84. The highest BCUT2D eigenvalue weighted by Gasteiger charge is 2.19. The summed E-state index contributed by atoms with van der Waals surface area (Å²) >= 11 is 0. The molecule has 1 aromatic carbocycles. The Bertz CT molecular complexity index is 586. The van der Waals surface area contributed by atoms with Crippen LogP contribution in [0.3, 0.4) is 0 Å². The predicted octanol–water partition coefficient (Wildman–Crippen LogP) is 1.99. The van der Waals surface area contributed by atoms with Crippen molar-refractivity contribution in [2.75, 3.05) is 0 Å². The van der Waals surface area contributed by atoms with Crippen molar-refractivity contribution in [2.45, 2.75) is 26.0 Å². The van der Waals surface area contributed by atoms with Crippen LogP contribution in [0.2, 0.25) is 0 Å². The summed E-state index contributed by atoms with van der Waals surface area (Å²) in [5.41, 5.74) is -0.301. The molecule has 102 valence electrons. The number of halogens is 3. The van der Waals surface area contributed by atoms with Crippen molar-refractivity contribution in [3.8, 4) is 0 Å². The lowest BCUT2D eigenvalue weighted by molar-refractivity contribution is 0.168. The van der Waals surface area contributed by atoms with E-state index in [1.165, 1.54) is 11.0 Å². The van der Waals surface area contributed by atoms with E-state index in [0.29, 0.717) is 24.5 Å². The molecule has 0 bridgehead atoms. The molecule has 0 fully saturated rings. The van der Waals surface area contributed by atoms with Crippen LogP contribution in [0.5, 0.6) is 0 Å². The second kappa shape index (κ2) is 5.40. The van der Waals surface area contributed by atoms with E-state index >= 15 is 0 Å². The first-order chi connectivity index (χ1) is 9.02. The van der Waals surface area contributed by atoms with Crippen molar-refractivity contribution in [3.63, 3.8) is 0 Å². The zero-order valence-corrected chi connectivity index (χ0v) is 10.1. The minimum absolute atomic E-state index is 0.0319. The highest BCUT2D eigenvalue weighted by atomic mass is 19.2. The van der Waals surface area contributed by atoms with Crippen molar-refractivity contribution < 1.29 is 18.3 Å². The largest absolute Gasteiger partial charge is 0.388 e. The number of aliphatic hydroxyl groups excluding tert-OH is 1. The molecule has 1 atom stereocenters. The molecule has 0 spiro atoms. The average Bonchev–Trinajstić information content (AvgIpc) is 2.80. The summed E-state index contributed by atoms with van der Waals surface area (Å²) in [7, 11) is 0. The number of aliphatic hydroxyl groups is 1. The van der Waals surface area contributed by atoms with E-state index in [1.54, 1.807) is 0 Å². The van der Waals surface area contributed by atoms with Gasteiger partial charge in [-0.15, -0.1) is 0 Å². The van der Waals surface area contributed by atoms with Gasteiger partial charge in [-0.2, -0.15) is 5.10 Å². The number of nitrogens with zero attached hydrogens (tertiary/aromatic N) is 3. The fourth-order valence-electron chi connectivity index (χ4n) is 1.79.